The van der Waals surface area contributed by atoms with Gasteiger partial charge in [-0.2, -0.15) is 12.6 Å². The zero-order valence-corrected chi connectivity index (χ0v) is 28.0. The highest BCUT2D eigenvalue weighted by atomic mass is 32.1. The topological polar surface area (TPSA) is 87.7 Å². The Morgan fingerprint density at radius 2 is 1.57 bits per heavy atom. The van der Waals surface area contributed by atoms with E-state index >= 15 is 0 Å². The Balaban J connectivity index is 2.00. The van der Waals surface area contributed by atoms with E-state index in [0.717, 1.165) is 59.6 Å². The molecule has 0 radical (unpaired) electrons. The van der Waals surface area contributed by atoms with E-state index in [1.54, 1.807) is 25.7 Å². The molecular formula is C36H49N3O4S. The number of alkyl carbamates (subject to hydrolysis) is 1. The van der Waals surface area contributed by atoms with Crippen LogP contribution in [0.3, 0.4) is 0 Å². The first kappa shape index (κ1) is 35.0. The number of ether oxygens (including phenoxy) is 1. The summed E-state index contributed by atoms with van der Waals surface area (Å²) in [4.78, 5) is 42.9. The van der Waals surface area contributed by atoms with Gasteiger partial charge in [-0.05, 0) is 75.1 Å². The minimum absolute atomic E-state index is 0.0525. The molecule has 3 rings (SSSR count). The Labute approximate surface area is 268 Å². The van der Waals surface area contributed by atoms with Crippen LogP contribution in [0.1, 0.15) is 89.0 Å². The third kappa shape index (κ3) is 10.3. The van der Waals surface area contributed by atoms with Crippen molar-refractivity contribution in [3.05, 3.63) is 77.4 Å². The molecule has 0 aliphatic carbocycles. The summed E-state index contributed by atoms with van der Waals surface area (Å²) in [5, 5.41) is 7.87. The number of hydrogen-bond donors (Lipinski definition) is 3. The SMILES string of the molecule is CCCCCCCCN(C(=O)C(CS)NC(=O)OC(C)(C)C)C(C(=O)Nc1ccc2ccccc2c1)c1ccc(C)cc1C. The van der Waals surface area contributed by atoms with Gasteiger partial charge in [-0.3, -0.25) is 9.59 Å². The quantitative estimate of drug-likeness (QED) is 0.126. The van der Waals surface area contributed by atoms with E-state index in [2.05, 4.69) is 30.2 Å². The number of anilines is 1. The zero-order valence-electron chi connectivity index (χ0n) is 27.1. The van der Waals surface area contributed by atoms with Crippen molar-refractivity contribution in [3.63, 3.8) is 0 Å². The molecule has 0 saturated heterocycles. The number of nitrogens with zero attached hydrogens (tertiary/aromatic N) is 1. The van der Waals surface area contributed by atoms with Gasteiger partial charge in [0.2, 0.25) is 5.91 Å². The van der Waals surface area contributed by atoms with Crippen molar-refractivity contribution in [1.82, 2.24) is 10.2 Å². The highest BCUT2D eigenvalue weighted by Gasteiger charge is 2.36. The number of carbonyl (C=O) groups is 3. The summed E-state index contributed by atoms with van der Waals surface area (Å²) in [6.07, 6.45) is 5.46. The molecule has 0 spiro atoms. The predicted molar refractivity (Wildman–Crippen MR) is 183 cm³/mol. The van der Waals surface area contributed by atoms with E-state index in [1.165, 1.54) is 6.42 Å². The minimum atomic E-state index is -0.977. The van der Waals surface area contributed by atoms with Crippen LogP contribution in [0.25, 0.3) is 10.8 Å². The summed E-state index contributed by atoms with van der Waals surface area (Å²) in [7, 11) is 0. The molecule has 0 aliphatic rings. The summed E-state index contributed by atoms with van der Waals surface area (Å²) in [5.41, 5.74) is 2.63. The molecule has 44 heavy (non-hydrogen) atoms. The number of fused-ring (bicyclic) bond motifs is 1. The van der Waals surface area contributed by atoms with Gasteiger partial charge in [0.15, 0.2) is 0 Å². The van der Waals surface area contributed by atoms with Crippen LogP contribution in [-0.4, -0.2) is 46.7 Å². The van der Waals surface area contributed by atoms with Crippen LogP contribution in [-0.2, 0) is 14.3 Å². The first-order valence-electron chi connectivity index (χ1n) is 15.7. The molecule has 0 aromatic heterocycles. The standard InChI is InChI=1S/C36H49N3O4S/c1-7-8-9-10-11-14-21-39(34(41)31(24-44)38-35(42)43-36(4,5)6)32(30-20-17-25(2)22-26(30)3)33(40)37-29-19-18-27-15-12-13-16-28(27)23-29/h12-13,15-20,22-23,31-32,44H,7-11,14,21,24H2,1-6H3,(H,37,40)(H,38,42). The molecule has 0 saturated carbocycles. The Bertz CT molecular complexity index is 1420. The first-order chi connectivity index (χ1) is 20.9. The second-order valence-corrected chi connectivity index (χ2v) is 12.9. The van der Waals surface area contributed by atoms with E-state index < -0.39 is 23.8 Å². The maximum Gasteiger partial charge on any atom is 0.408 e. The molecule has 7 nitrogen and oxygen atoms in total. The van der Waals surface area contributed by atoms with Crippen molar-refractivity contribution >= 4 is 47.0 Å². The predicted octanol–water partition coefficient (Wildman–Crippen LogP) is 8.15. The lowest BCUT2D eigenvalue weighted by molar-refractivity contribution is -0.140. The summed E-state index contributed by atoms with van der Waals surface area (Å²) < 4.78 is 5.44. The molecule has 3 amide bonds. The number of benzene rings is 3. The number of hydrogen-bond acceptors (Lipinski definition) is 5. The Morgan fingerprint density at radius 1 is 0.886 bits per heavy atom. The van der Waals surface area contributed by atoms with E-state index in [4.69, 9.17) is 4.74 Å². The fourth-order valence-corrected chi connectivity index (χ4v) is 5.57. The molecule has 2 atom stereocenters. The lowest BCUT2D eigenvalue weighted by Crippen LogP contribution is -2.53. The van der Waals surface area contributed by atoms with Gasteiger partial charge in [0.1, 0.15) is 17.7 Å². The Morgan fingerprint density at radius 3 is 2.23 bits per heavy atom. The molecular weight excluding hydrogens is 570 g/mol. The van der Waals surface area contributed by atoms with Gasteiger partial charge >= 0.3 is 6.09 Å². The van der Waals surface area contributed by atoms with Crippen molar-refractivity contribution in [1.29, 1.82) is 0 Å². The second kappa shape index (κ2) is 16.5. The molecule has 2 unspecified atom stereocenters. The molecule has 3 aromatic carbocycles. The van der Waals surface area contributed by atoms with Gasteiger partial charge in [-0.25, -0.2) is 4.79 Å². The highest BCUT2D eigenvalue weighted by molar-refractivity contribution is 7.80. The van der Waals surface area contributed by atoms with Crippen LogP contribution in [0.4, 0.5) is 10.5 Å². The number of nitrogens with one attached hydrogen (secondary N) is 2. The monoisotopic (exact) mass is 619 g/mol. The minimum Gasteiger partial charge on any atom is -0.444 e. The van der Waals surface area contributed by atoms with E-state index in [1.807, 2.05) is 74.5 Å². The van der Waals surface area contributed by atoms with E-state index in [9.17, 15) is 14.4 Å². The van der Waals surface area contributed by atoms with Crippen LogP contribution in [0.5, 0.6) is 0 Å². The Kier molecular flexibility index (Phi) is 13.1. The maximum atomic E-state index is 14.3. The van der Waals surface area contributed by atoms with Crippen LogP contribution < -0.4 is 10.6 Å². The number of rotatable bonds is 14. The fourth-order valence-electron chi connectivity index (χ4n) is 5.33. The fraction of sp³-hybridized carbons (Fsp3) is 0.472. The summed E-state index contributed by atoms with van der Waals surface area (Å²) >= 11 is 4.42. The number of unbranched alkanes of at least 4 members (excludes halogenated alkanes) is 5. The zero-order chi connectivity index (χ0) is 32.3. The molecule has 8 heteroatoms. The average Bonchev–Trinajstić information content (AvgIpc) is 2.96. The van der Waals surface area contributed by atoms with Crippen LogP contribution in [0.15, 0.2) is 60.7 Å². The van der Waals surface area contributed by atoms with E-state index in [0.29, 0.717) is 12.2 Å². The summed E-state index contributed by atoms with van der Waals surface area (Å²) in [5.74, 6) is -0.642. The molecule has 0 bridgehead atoms. The second-order valence-electron chi connectivity index (χ2n) is 12.5. The van der Waals surface area contributed by atoms with Crippen molar-refractivity contribution in [3.8, 4) is 0 Å². The van der Waals surface area contributed by atoms with Crippen LogP contribution >= 0.6 is 12.6 Å². The van der Waals surface area contributed by atoms with Crippen molar-refractivity contribution in [2.24, 2.45) is 0 Å². The lowest BCUT2D eigenvalue weighted by atomic mass is 9.96. The van der Waals surface area contributed by atoms with Gasteiger partial charge in [0.05, 0.1) is 0 Å². The number of thiol groups is 1. The van der Waals surface area contributed by atoms with Crippen molar-refractivity contribution in [2.75, 3.05) is 17.6 Å². The van der Waals surface area contributed by atoms with Gasteiger partial charge in [0.25, 0.3) is 5.91 Å². The first-order valence-corrected chi connectivity index (χ1v) is 16.3. The van der Waals surface area contributed by atoms with Crippen molar-refractivity contribution < 1.29 is 19.1 Å². The van der Waals surface area contributed by atoms with Gasteiger partial charge in [0, 0.05) is 18.0 Å². The third-order valence-corrected chi connectivity index (χ3v) is 7.87. The lowest BCUT2D eigenvalue weighted by Gasteiger charge is -2.35. The van der Waals surface area contributed by atoms with E-state index in [-0.39, 0.29) is 17.6 Å². The summed E-state index contributed by atoms with van der Waals surface area (Å²) in [6.45, 7) is 11.8. The number of carbonyl (C=O) groups excluding carboxylic acids is 3. The number of amides is 3. The van der Waals surface area contributed by atoms with Crippen LogP contribution in [0.2, 0.25) is 0 Å². The highest BCUT2D eigenvalue weighted by Crippen LogP contribution is 2.29. The maximum absolute atomic E-state index is 14.3. The molecule has 238 valence electrons. The van der Waals surface area contributed by atoms with Crippen LogP contribution in [0, 0.1) is 13.8 Å². The molecule has 0 aliphatic heterocycles. The van der Waals surface area contributed by atoms with Gasteiger partial charge in [-0.15, -0.1) is 0 Å². The smallest absolute Gasteiger partial charge is 0.408 e. The summed E-state index contributed by atoms with van der Waals surface area (Å²) in [6, 6.07) is 17.8. The third-order valence-electron chi connectivity index (χ3n) is 7.50. The van der Waals surface area contributed by atoms with Gasteiger partial charge < -0.3 is 20.3 Å². The normalized spacial score (nSPS) is 12.8. The Hall–Kier alpha value is -3.52. The molecule has 3 aromatic rings. The number of aryl methyl sites for hydroxylation is 2. The molecule has 2 N–H and O–H groups in total. The molecule has 0 heterocycles. The van der Waals surface area contributed by atoms with Gasteiger partial charge in [-0.1, -0.05) is 93.1 Å². The average molecular weight is 620 g/mol. The molecule has 0 fully saturated rings. The van der Waals surface area contributed by atoms with Crippen molar-refractivity contribution in [2.45, 2.75) is 97.8 Å². The largest absolute Gasteiger partial charge is 0.444 e.